The largest absolute Gasteiger partial charge is 0.454 e. The van der Waals surface area contributed by atoms with Crippen LogP contribution in [-0.2, 0) is 0 Å². The lowest BCUT2D eigenvalue weighted by molar-refractivity contribution is 0.0353. The lowest BCUT2D eigenvalue weighted by atomic mass is 9.75. The lowest BCUT2D eigenvalue weighted by Crippen LogP contribution is -2.60. The van der Waals surface area contributed by atoms with Crippen LogP contribution in [-0.4, -0.2) is 53.4 Å². The highest BCUT2D eigenvalue weighted by Crippen LogP contribution is 2.48. The zero-order chi connectivity index (χ0) is 17.1. The molecule has 0 N–H and O–H groups in total. The van der Waals surface area contributed by atoms with Crippen LogP contribution in [0.15, 0.2) is 36.7 Å². The van der Waals surface area contributed by atoms with Gasteiger partial charge in [0.2, 0.25) is 12.7 Å². The van der Waals surface area contributed by atoms with Crippen molar-refractivity contribution in [3.63, 3.8) is 0 Å². The Bertz CT molecular complexity index is 822. The Hall–Kier alpha value is -2.34. The minimum atomic E-state index is 0.327. The average molecular weight is 350 g/mol. The molecule has 3 atom stereocenters. The Morgan fingerprint density at radius 2 is 1.77 bits per heavy atom. The van der Waals surface area contributed by atoms with Gasteiger partial charge in [-0.05, 0) is 55.6 Å². The van der Waals surface area contributed by atoms with E-state index in [1.165, 1.54) is 31.5 Å². The number of nitrogens with zero attached hydrogens (tertiary/aromatic N) is 4. The lowest BCUT2D eigenvalue weighted by Gasteiger charge is -2.51. The highest BCUT2D eigenvalue weighted by atomic mass is 16.7. The molecule has 7 rings (SSSR count). The molecule has 134 valence electrons. The summed E-state index contributed by atoms with van der Waals surface area (Å²) in [6.07, 6.45) is 6.29. The van der Waals surface area contributed by atoms with Crippen molar-refractivity contribution in [2.24, 2.45) is 5.92 Å². The number of fused-ring (bicyclic) bond motifs is 3. The Balaban J connectivity index is 1.42. The van der Waals surface area contributed by atoms with Crippen LogP contribution in [0.2, 0.25) is 0 Å². The van der Waals surface area contributed by atoms with E-state index in [-0.39, 0.29) is 0 Å². The van der Waals surface area contributed by atoms with Gasteiger partial charge in [-0.1, -0.05) is 6.07 Å². The maximum absolute atomic E-state index is 5.63. The molecule has 5 aliphatic heterocycles. The molecule has 0 amide bonds. The van der Waals surface area contributed by atoms with Gasteiger partial charge in [-0.2, -0.15) is 0 Å². The zero-order valence-electron chi connectivity index (χ0n) is 14.6. The fourth-order valence-corrected chi connectivity index (χ4v) is 5.53. The van der Waals surface area contributed by atoms with Gasteiger partial charge in [0.1, 0.15) is 0 Å². The van der Waals surface area contributed by atoms with Gasteiger partial charge >= 0.3 is 0 Å². The highest BCUT2D eigenvalue weighted by Gasteiger charge is 2.54. The first-order valence-corrected chi connectivity index (χ1v) is 9.56. The van der Waals surface area contributed by atoms with Crippen molar-refractivity contribution in [1.29, 1.82) is 0 Å². The molecule has 5 aliphatic rings. The van der Waals surface area contributed by atoms with E-state index < -0.39 is 0 Å². The first-order chi connectivity index (χ1) is 12.9. The summed E-state index contributed by atoms with van der Waals surface area (Å²) in [5, 5.41) is 0. The fraction of sp³-hybridized carbons (Fsp3) is 0.500. The first-order valence-electron chi connectivity index (χ1n) is 9.56. The Morgan fingerprint density at radius 1 is 0.962 bits per heavy atom. The van der Waals surface area contributed by atoms with Gasteiger partial charge in [-0.3, -0.25) is 4.90 Å². The number of benzene rings is 1. The molecule has 1 aromatic carbocycles. The smallest absolute Gasteiger partial charge is 0.231 e. The van der Waals surface area contributed by atoms with Crippen LogP contribution in [0.5, 0.6) is 11.5 Å². The van der Waals surface area contributed by atoms with Gasteiger partial charge in [-0.15, -0.1) is 0 Å². The molecule has 2 aromatic rings. The zero-order valence-corrected chi connectivity index (χ0v) is 14.6. The second-order valence-corrected chi connectivity index (χ2v) is 7.77. The van der Waals surface area contributed by atoms with E-state index >= 15 is 0 Å². The second-order valence-electron chi connectivity index (χ2n) is 7.77. The fourth-order valence-electron chi connectivity index (χ4n) is 5.53. The van der Waals surface area contributed by atoms with Gasteiger partial charge in [0.15, 0.2) is 11.5 Å². The van der Waals surface area contributed by atoms with Crippen LogP contribution < -0.4 is 14.4 Å². The van der Waals surface area contributed by atoms with Crippen molar-refractivity contribution in [2.75, 3.05) is 31.3 Å². The third-order valence-corrected chi connectivity index (χ3v) is 6.63. The van der Waals surface area contributed by atoms with Gasteiger partial charge in [-0.25, -0.2) is 9.97 Å². The summed E-state index contributed by atoms with van der Waals surface area (Å²) in [4.78, 5) is 14.3. The molecule has 6 nitrogen and oxygen atoms in total. The third-order valence-electron chi connectivity index (χ3n) is 6.63. The Labute approximate surface area is 152 Å². The summed E-state index contributed by atoms with van der Waals surface area (Å²) in [5.74, 6) is 3.80. The normalized spacial score (nSPS) is 34.2. The van der Waals surface area contributed by atoms with Crippen molar-refractivity contribution in [3.8, 4) is 11.5 Å². The summed E-state index contributed by atoms with van der Waals surface area (Å²) in [7, 11) is 0. The summed E-state index contributed by atoms with van der Waals surface area (Å²) in [6.45, 7) is 3.73. The van der Waals surface area contributed by atoms with E-state index in [4.69, 9.17) is 9.47 Å². The van der Waals surface area contributed by atoms with Gasteiger partial charge in [0.25, 0.3) is 0 Å². The summed E-state index contributed by atoms with van der Waals surface area (Å²) in [5.41, 5.74) is 1.34. The van der Waals surface area contributed by atoms with Crippen LogP contribution in [0.4, 0.5) is 5.95 Å². The minimum absolute atomic E-state index is 0.327. The number of aromatic nitrogens is 2. The highest BCUT2D eigenvalue weighted by molar-refractivity contribution is 5.48. The molecular formula is C20H22N4O2. The van der Waals surface area contributed by atoms with E-state index in [1.807, 2.05) is 18.5 Å². The van der Waals surface area contributed by atoms with E-state index in [0.29, 0.717) is 24.8 Å². The molecule has 2 bridgehead atoms. The van der Waals surface area contributed by atoms with Crippen molar-refractivity contribution < 1.29 is 9.47 Å². The van der Waals surface area contributed by atoms with Crippen molar-refractivity contribution in [3.05, 3.63) is 42.2 Å². The predicted octanol–water partition coefficient (Wildman–Crippen LogP) is 2.27. The molecule has 4 fully saturated rings. The van der Waals surface area contributed by atoms with E-state index in [0.717, 1.165) is 29.9 Å². The first kappa shape index (κ1) is 14.8. The van der Waals surface area contributed by atoms with E-state index in [2.05, 4.69) is 38.0 Å². The average Bonchev–Trinajstić information content (AvgIpc) is 3.35. The van der Waals surface area contributed by atoms with Crippen LogP contribution in [0.1, 0.15) is 24.3 Å². The molecule has 0 spiro atoms. The maximum Gasteiger partial charge on any atom is 0.231 e. The molecule has 0 saturated carbocycles. The molecule has 1 aromatic heterocycles. The van der Waals surface area contributed by atoms with Crippen LogP contribution in [0, 0.1) is 5.92 Å². The standard InChI is InChI=1S/C20H22N4O2/c1-6-21-20(22-7-1)24-11-15(14-2-3-16-17(10-14)26-12-25-16)19-18(24)13-4-8-23(19)9-5-13/h1-3,6-7,10,13,15,18-19H,4-5,8-9,11-12H2/t15-,18-,19-/m1/s1. The summed E-state index contributed by atoms with van der Waals surface area (Å²) in [6, 6.07) is 9.40. The number of ether oxygens (including phenoxy) is 2. The van der Waals surface area contributed by atoms with Crippen molar-refractivity contribution in [1.82, 2.24) is 14.9 Å². The third kappa shape index (κ3) is 2.08. The van der Waals surface area contributed by atoms with Gasteiger partial charge in [0.05, 0.1) is 6.04 Å². The maximum atomic E-state index is 5.63. The van der Waals surface area contributed by atoms with Gasteiger partial charge in [0, 0.05) is 30.9 Å². The summed E-state index contributed by atoms with van der Waals surface area (Å²) >= 11 is 0. The minimum Gasteiger partial charge on any atom is -0.454 e. The Morgan fingerprint density at radius 3 is 2.62 bits per heavy atom. The molecule has 4 saturated heterocycles. The van der Waals surface area contributed by atoms with Crippen molar-refractivity contribution >= 4 is 5.95 Å². The molecule has 6 heterocycles. The van der Waals surface area contributed by atoms with Crippen LogP contribution in [0.3, 0.4) is 0 Å². The molecule has 0 aliphatic carbocycles. The Kier molecular flexibility index (Phi) is 3.17. The van der Waals surface area contributed by atoms with E-state index in [1.54, 1.807) is 0 Å². The van der Waals surface area contributed by atoms with Crippen LogP contribution in [0.25, 0.3) is 0 Å². The van der Waals surface area contributed by atoms with E-state index in [9.17, 15) is 0 Å². The second kappa shape index (κ2) is 5.58. The monoisotopic (exact) mass is 350 g/mol. The topological polar surface area (TPSA) is 50.7 Å². The number of anilines is 1. The van der Waals surface area contributed by atoms with Crippen molar-refractivity contribution in [2.45, 2.75) is 30.8 Å². The van der Waals surface area contributed by atoms with Gasteiger partial charge < -0.3 is 14.4 Å². The SMILES string of the molecule is c1cnc(N2C[C@H](c3ccc4c(c3)OCO4)[C@@H]3[C@H]2C2CCN3CC2)nc1. The summed E-state index contributed by atoms with van der Waals surface area (Å²) < 4.78 is 11.1. The number of rotatable bonds is 2. The number of hydrogen-bond acceptors (Lipinski definition) is 6. The molecule has 0 unspecified atom stereocenters. The number of piperidine rings is 3. The molecular weight excluding hydrogens is 328 g/mol. The number of hydrogen-bond donors (Lipinski definition) is 0. The molecule has 6 heteroatoms. The quantitative estimate of drug-likeness (QED) is 0.828. The molecule has 0 radical (unpaired) electrons. The predicted molar refractivity (Wildman–Crippen MR) is 96.6 cm³/mol. The molecule has 26 heavy (non-hydrogen) atoms. The van der Waals surface area contributed by atoms with Crippen LogP contribution >= 0.6 is 0 Å².